The normalized spacial score (nSPS) is 14.6. The van der Waals surface area contributed by atoms with Crippen molar-refractivity contribution < 1.29 is 9.53 Å². The number of anilines is 2. The highest BCUT2D eigenvalue weighted by Gasteiger charge is 2.34. The second kappa shape index (κ2) is 10.9. The SMILES string of the molecule is CCCCCCSc1nnc2c(n1)OC(c1ccc(N(C)C)cc1)N(C(C)=O)c1ccccc1-2. The van der Waals surface area contributed by atoms with Gasteiger partial charge < -0.3 is 9.64 Å². The van der Waals surface area contributed by atoms with Gasteiger partial charge in [0, 0.05) is 43.6 Å². The molecule has 1 aromatic heterocycles. The average Bonchev–Trinajstić information content (AvgIpc) is 2.98. The summed E-state index contributed by atoms with van der Waals surface area (Å²) in [5, 5.41) is 9.44. The van der Waals surface area contributed by atoms with Crippen LogP contribution in [-0.2, 0) is 4.79 Å². The van der Waals surface area contributed by atoms with Crippen molar-refractivity contribution in [1.29, 1.82) is 0 Å². The fraction of sp³-hybridized carbons (Fsp3) is 0.385. The first-order chi connectivity index (χ1) is 16.5. The van der Waals surface area contributed by atoms with Crippen molar-refractivity contribution >= 4 is 29.0 Å². The second-order valence-corrected chi connectivity index (χ2v) is 9.58. The van der Waals surface area contributed by atoms with Crippen LogP contribution in [0.2, 0.25) is 0 Å². The highest BCUT2D eigenvalue weighted by molar-refractivity contribution is 7.99. The number of ether oxygens (including phenoxy) is 1. The maximum absolute atomic E-state index is 12.9. The minimum absolute atomic E-state index is 0.125. The van der Waals surface area contributed by atoms with E-state index in [-0.39, 0.29) is 5.91 Å². The number of carbonyl (C=O) groups excluding carboxylic acids is 1. The predicted octanol–water partition coefficient (Wildman–Crippen LogP) is 5.72. The molecule has 1 unspecified atom stereocenters. The molecule has 7 nitrogen and oxygen atoms in total. The number of amides is 1. The highest BCUT2D eigenvalue weighted by atomic mass is 32.2. The van der Waals surface area contributed by atoms with E-state index in [4.69, 9.17) is 9.72 Å². The molecule has 0 bridgehead atoms. The Kier molecular flexibility index (Phi) is 7.67. The Morgan fingerprint density at radius 1 is 1.06 bits per heavy atom. The molecule has 8 heteroatoms. The molecule has 34 heavy (non-hydrogen) atoms. The molecule has 1 atom stereocenters. The topological polar surface area (TPSA) is 71.5 Å². The number of unbranched alkanes of at least 4 members (excludes halogenated alkanes) is 3. The predicted molar refractivity (Wildman–Crippen MR) is 137 cm³/mol. The van der Waals surface area contributed by atoms with Gasteiger partial charge in [0.25, 0.3) is 0 Å². The van der Waals surface area contributed by atoms with Crippen LogP contribution in [0.25, 0.3) is 11.3 Å². The Bertz CT molecular complexity index is 1140. The van der Waals surface area contributed by atoms with Gasteiger partial charge in [0.2, 0.25) is 23.2 Å². The summed E-state index contributed by atoms with van der Waals surface area (Å²) in [7, 11) is 3.99. The number of nitrogens with zero attached hydrogens (tertiary/aromatic N) is 5. The van der Waals surface area contributed by atoms with Crippen molar-refractivity contribution in [3.8, 4) is 17.1 Å². The van der Waals surface area contributed by atoms with Gasteiger partial charge >= 0.3 is 0 Å². The summed E-state index contributed by atoms with van der Waals surface area (Å²) in [6, 6.07) is 15.7. The van der Waals surface area contributed by atoms with E-state index in [1.165, 1.54) is 19.3 Å². The summed E-state index contributed by atoms with van der Waals surface area (Å²) in [5.74, 6) is 1.20. The lowest BCUT2D eigenvalue weighted by Crippen LogP contribution is -2.36. The van der Waals surface area contributed by atoms with Crippen molar-refractivity contribution in [1.82, 2.24) is 15.2 Å². The Labute approximate surface area is 205 Å². The van der Waals surface area contributed by atoms with Gasteiger partial charge in [0.05, 0.1) is 5.69 Å². The van der Waals surface area contributed by atoms with Gasteiger partial charge in [-0.25, -0.2) is 0 Å². The third-order valence-electron chi connectivity index (χ3n) is 5.77. The molecule has 3 aromatic rings. The zero-order valence-corrected chi connectivity index (χ0v) is 21.0. The molecule has 2 heterocycles. The first-order valence-electron chi connectivity index (χ1n) is 11.7. The zero-order valence-electron chi connectivity index (χ0n) is 20.2. The molecule has 0 spiro atoms. The molecule has 1 amide bonds. The van der Waals surface area contributed by atoms with Gasteiger partial charge in [-0.05, 0) is 24.6 Å². The smallest absolute Gasteiger partial charge is 0.247 e. The summed E-state index contributed by atoms with van der Waals surface area (Å²) in [5.41, 5.74) is 3.98. The average molecular weight is 478 g/mol. The van der Waals surface area contributed by atoms with Gasteiger partial charge in [0.1, 0.15) is 0 Å². The van der Waals surface area contributed by atoms with Gasteiger partial charge in [0.15, 0.2) is 5.69 Å². The van der Waals surface area contributed by atoms with Crippen LogP contribution in [0.5, 0.6) is 5.88 Å². The van der Waals surface area contributed by atoms with E-state index in [1.54, 1.807) is 23.6 Å². The third kappa shape index (κ3) is 5.17. The number of carbonyl (C=O) groups is 1. The van der Waals surface area contributed by atoms with Gasteiger partial charge in [-0.2, -0.15) is 4.98 Å². The number of hydrogen-bond acceptors (Lipinski definition) is 7. The molecule has 178 valence electrons. The number of rotatable bonds is 8. The Balaban J connectivity index is 1.73. The van der Waals surface area contributed by atoms with E-state index in [0.29, 0.717) is 16.7 Å². The number of benzene rings is 2. The summed E-state index contributed by atoms with van der Waals surface area (Å²) >= 11 is 1.59. The van der Waals surface area contributed by atoms with Crippen molar-refractivity contribution in [2.24, 2.45) is 0 Å². The van der Waals surface area contributed by atoms with Gasteiger partial charge in [-0.3, -0.25) is 9.69 Å². The Morgan fingerprint density at radius 3 is 2.53 bits per heavy atom. The molecular weight excluding hydrogens is 446 g/mol. The first kappa shape index (κ1) is 24.0. The van der Waals surface area contributed by atoms with Crippen molar-refractivity contribution in [3.63, 3.8) is 0 Å². The largest absolute Gasteiger partial charge is 0.447 e. The quantitative estimate of drug-likeness (QED) is 0.303. The number of fused-ring (bicyclic) bond motifs is 3. The summed E-state index contributed by atoms with van der Waals surface area (Å²) in [6.07, 6.45) is 4.08. The monoisotopic (exact) mass is 477 g/mol. The van der Waals surface area contributed by atoms with E-state index in [9.17, 15) is 4.79 Å². The molecule has 4 rings (SSSR count). The van der Waals surface area contributed by atoms with E-state index in [2.05, 4.69) is 17.1 Å². The Hall–Kier alpha value is -3.13. The molecular formula is C26H31N5O2S. The molecule has 1 aliphatic heterocycles. The number of aromatic nitrogens is 3. The minimum Gasteiger partial charge on any atom is -0.447 e. The van der Waals surface area contributed by atoms with Crippen LogP contribution >= 0.6 is 11.8 Å². The Morgan fingerprint density at radius 2 is 1.82 bits per heavy atom. The second-order valence-electron chi connectivity index (χ2n) is 8.52. The molecule has 0 aliphatic carbocycles. The fourth-order valence-corrected chi connectivity index (χ4v) is 4.74. The molecule has 2 aromatic carbocycles. The lowest BCUT2D eigenvalue weighted by atomic mass is 10.1. The summed E-state index contributed by atoms with van der Waals surface area (Å²) < 4.78 is 6.45. The molecule has 0 radical (unpaired) electrons. The molecule has 1 aliphatic rings. The molecule has 0 saturated heterocycles. The lowest BCUT2D eigenvalue weighted by molar-refractivity contribution is -0.118. The van der Waals surface area contributed by atoms with Crippen LogP contribution < -0.4 is 14.5 Å². The van der Waals surface area contributed by atoms with E-state index < -0.39 is 6.23 Å². The van der Waals surface area contributed by atoms with Crippen LogP contribution in [-0.4, -0.2) is 40.9 Å². The van der Waals surface area contributed by atoms with E-state index in [1.807, 2.05) is 67.5 Å². The summed E-state index contributed by atoms with van der Waals surface area (Å²) in [6.45, 7) is 3.75. The number of thioether (sulfide) groups is 1. The van der Waals surface area contributed by atoms with Crippen molar-refractivity contribution in [2.75, 3.05) is 29.6 Å². The molecule has 0 saturated carbocycles. The lowest BCUT2D eigenvalue weighted by Gasteiger charge is -2.30. The third-order valence-corrected chi connectivity index (χ3v) is 6.70. The van der Waals surface area contributed by atoms with Gasteiger partial charge in [-0.15, -0.1) is 10.2 Å². The highest BCUT2D eigenvalue weighted by Crippen LogP contribution is 2.43. The van der Waals surface area contributed by atoms with Crippen LogP contribution in [0, 0.1) is 0 Å². The van der Waals surface area contributed by atoms with Crippen LogP contribution in [0.4, 0.5) is 11.4 Å². The number of para-hydroxylation sites is 1. The standard InChI is InChI=1S/C26H31N5O2S/c1-5-6-7-10-17-34-26-27-24-23(28-29-26)21-11-8-9-12-22(21)31(18(2)32)25(33-24)19-13-15-20(16-14-19)30(3)4/h8-9,11-16,25H,5-7,10,17H2,1-4H3. The number of hydrogen-bond donors (Lipinski definition) is 0. The zero-order chi connectivity index (χ0) is 24.1. The summed E-state index contributed by atoms with van der Waals surface area (Å²) in [4.78, 5) is 21.3. The molecule has 0 N–H and O–H groups in total. The van der Waals surface area contributed by atoms with Crippen LogP contribution in [0.3, 0.4) is 0 Å². The maximum Gasteiger partial charge on any atom is 0.247 e. The van der Waals surface area contributed by atoms with E-state index >= 15 is 0 Å². The molecule has 0 fully saturated rings. The van der Waals surface area contributed by atoms with Crippen LogP contribution in [0.1, 0.15) is 51.3 Å². The van der Waals surface area contributed by atoms with Gasteiger partial charge in [-0.1, -0.05) is 68.3 Å². The van der Waals surface area contributed by atoms with E-state index in [0.717, 1.165) is 34.7 Å². The first-order valence-corrected chi connectivity index (χ1v) is 12.7. The maximum atomic E-state index is 12.9. The van der Waals surface area contributed by atoms with Crippen LogP contribution in [0.15, 0.2) is 53.7 Å². The minimum atomic E-state index is -0.671. The fourth-order valence-electron chi connectivity index (χ4n) is 3.96. The van der Waals surface area contributed by atoms with Crippen molar-refractivity contribution in [2.45, 2.75) is 50.9 Å². The van der Waals surface area contributed by atoms with Crippen molar-refractivity contribution in [3.05, 3.63) is 54.1 Å².